The summed E-state index contributed by atoms with van der Waals surface area (Å²) in [5, 5.41) is 3.00. The smallest absolute Gasteiger partial charge is 0.226 e. The molecule has 2 aliphatic rings. The van der Waals surface area contributed by atoms with Gasteiger partial charge in [0.2, 0.25) is 5.91 Å². The van der Waals surface area contributed by atoms with Crippen LogP contribution >= 0.6 is 0 Å². The third-order valence-electron chi connectivity index (χ3n) is 4.15. The summed E-state index contributed by atoms with van der Waals surface area (Å²) in [4.78, 5) is 12.2. The molecule has 1 amide bonds. The Bertz CT molecular complexity index is 378. The molecule has 2 saturated heterocycles. The number of hydrogen-bond acceptors (Lipinski definition) is 3. The van der Waals surface area contributed by atoms with Crippen LogP contribution in [0.1, 0.15) is 40.5 Å². The number of carbonyl (C=O) groups is 1. The van der Waals surface area contributed by atoms with E-state index in [1.807, 2.05) is 19.9 Å². The van der Waals surface area contributed by atoms with Crippen LogP contribution in [-0.4, -0.2) is 30.4 Å². The highest BCUT2D eigenvalue weighted by molar-refractivity contribution is 5.82. The van der Waals surface area contributed by atoms with E-state index < -0.39 is 5.79 Å². The molecule has 0 aromatic carbocycles. The van der Waals surface area contributed by atoms with Crippen LogP contribution in [-0.2, 0) is 14.3 Å². The molecule has 1 N–H and O–H groups in total. The van der Waals surface area contributed by atoms with Crippen LogP contribution in [0.5, 0.6) is 0 Å². The number of carbonyl (C=O) groups excluding carboxylic acids is 1. The Kier molecular flexibility index (Phi) is 4.55. The molecule has 2 aliphatic heterocycles. The van der Waals surface area contributed by atoms with Crippen LogP contribution < -0.4 is 5.32 Å². The van der Waals surface area contributed by atoms with Crippen molar-refractivity contribution in [1.82, 2.24) is 5.32 Å². The monoisotopic (exact) mass is 281 g/mol. The molecule has 4 nitrogen and oxygen atoms in total. The van der Waals surface area contributed by atoms with E-state index in [0.717, 1.165) is 12.8 Å². The molecule has 0 radical (unpaired) electrons. The summed E-state index contributed by atoms with van der Waals surface area (Å²) in [6.07, 6.45) is 3.77. The molecule has 0 aromatic rings. The Morgan fingerprint density at radius 2 is 2.20 bits per heavy atom. The summed E-state index contributed by atoms with van der Waals surface area (Å²) in [7, 11) is 0. The van der Waals surface area contributed by atoms with Gasteiger partial charge >= 0.3 is 0 Å². The van der Waals surface area contributed by atoms with Gasteiger partial charge in [-0.05, 0) is 38.5 Å². The molecule has 4 unspecified atom stereocenters. The van der Waals surface area contributed by atoms with Crippen molar-refractivity contribution in [2.75, 3.05) is 6.61 Å². The van der Waals surface area contributed by atoms with Crippen molar-refractivity contribution in [1.29, 1.82) is 0 Å². The van der Waals surface area contributed by atoms with Crippen LogP contribution in [0.15, 0.2) is 12.7 Å². The molecular weight excluding hydrogens is 254 g/mol. The first-order chi connectivity index (χ1) is 9.32. The topological polar surface area (TPSA) is 47.6 Å². The van der Waals surface area contributed by atoms with Gasteiger partial charge in [0, 0.05) is 0 Å². The Hall–Kier alpha value is -0.870. The largest absolute Gasteiger partial charge is 0.348 e. The Balaban J connectivity index is 2.05. The zero-order valence-electron chi connectivity index (χ0n) is 13.0. The summed E-state index contributed by atoms with van der Waals surface area (Å²) in [5.41, 5.74) is 0. The fourth-order valence-electron chi connectivity index (χ4n) is 3.22. The van der Waals surface area contributed by atoms with Crippen molar-refractivity contribution in [3.05, 3.63) is 12.7 Å². The second-order valence-corrected chi connectivity index (χ2v) is 6.88. The first-order valence-electron chi connectivity index (χ1n) is 7.57. The fraction of sp³-hybridized carbons (Fsp3) is 0.812. The molecular formula is C16H27NO3. The minimum Gasteiger partial charge on any atom is -0.348 e. The second kappa shape index (κ2) is 5.86. The number of nitrogens with one attached hydrogen (secondary N) is 1. The third kappa shape index (κ3) is 3.41. The van der Waals surface area contributed by atoms with E-state index in [2.05, 4.69) is 25.7 Å². The van der Waals surface area contributed by atoms with Crippen LogP contribution in [0.2, 0.25) is 0 Å². The SMILES string of the molecule is C=CC(CC(C)C)CC1C(=O)NC2COC(C)(C)OC21. The lowest BCUT2D eigenvalue weighted by Crippen LogP contribution is -2.51. The maximum Gasteiger partial charge on any atom is 0.226 e. The average molecular weight is 281 g/mol. The highest BCUT2D eigenvalue weighted by Crippen LogP contribution is 2.35. The van der Waals surface area contributed by atoms with E-state index in [1.54, 1.807) is 0 Å². The van der Waals surface area contributed by atoms with Gasteiger partial charge < -0.3 is 14.8 Å². The summed E-state index contributed by atoms with van der Waals surface area (Å²) >= 11 is 0. The predicted octanol–water partition coefficient (Wildman–Crippen LogP) is 2.49. The normalized spacial score (nSPS) is 33.6. The Morgan fingerprint density at radius 1 is 1.50 bits per heavy atom. The highest BCUT2D eigenvalue weighted by atomic mass is 16.7. The van der Waals surface area contributed by atoms with Crippen molar-refractivity contribution in [2.45, 2.75) is 58.5 Å². The van der Waals surface area contributed by atoms with Gasteiger partial charge in [0.25, 0.3) is 0 Å². The van der Waals surface area contributed by atoms with E-state index in [-0.39, 0.29) is 24.0 Å². The molecule has 0 bridgehead atoms. The summed E-state index contributed by atoms with van der Waals surface area (Å²) in [6.45, 7) is 12.7. The molecule has 2 heterocycles. The first-order valence-corrected chi connectivity index (χ1v) is 7.57. The van der Waals surface area contributed by atoms with Crippen LogP contribution in [0, 0.1) is 17.8 Å². The molecule has 0 aromatic heterocycles. The van der Waals surface area contributed by atoms with E-state index in [1.165, 1.54) is 0 Å². The van der Waals surface area contributed by atoms with E-state index in [0.29, 0.717) is 18.4 Å². The van der Waals surface area contributed by atoms with Gasteiger partial charge in [0.1, 0.15) is 0 Å². The molecule has 114 valence electrons. The zero-order chi connectivity index (χ0) is 14.9. The van der Waals surface area contributed by atoms with E-state index in [4.69, 9.17) is 9.47 Å². The summed E-state index contributed by atoms with van der Waals surface area (Å²) in [6, 6.07) is -0.00922. The van der Waals surface area contributed by atoms with Gasteiger partial charge in [-0.15, -0.1) is 6.58 Å². The molecule has 4 atom stereocenters. The molecule has 0 spiro atoms. The first kappa shape index (κ1) is 15.5. The second-order valence-electron chi connectivity index (χ2n) is 6.88. The quantitative estimate of drug-likeness (QED) is 0.788. The van der Waals surface area contributed by atoms with Crippen LogP contribution in [0.4, 0.5) is 0 Å². The lowest BCUT2D eigenvalue weighted by Gasteiger charge is -2.39. The Labute approximate surface area is 121 Å². The number of hydrogen-bond donors (Lipinski definition) is 1. The number of amides is 1. The molecule has 2 rings (SSSR count). The molecule has 20 heavy (non-hydrogen) atoms. The van der Waals surface area contributed by atoms with Gasteiger partial charge in [0.15, 0.2) is 5.79 Å². The van der Waals surface area contributed by atoms with Gasteiger partial charge in [-0.3, -0.25) is 4.79 Å². The van der Waals surface area contributed by atoms with E-state index >= 15 is 0 Å². The van der Waals surface area contributed by atoms with Gasteiger partial charge in [-0.25, -0.2) is 0 Å². The minimum absolute atomic E-state index is 0.00922. The summed E-state index contributed by atoms with van der Waals surface area (Å²) < 4.78 is 11.6. The average Bonchev–Trinajstić information content (AvgIpc) is 2.63. The minimum atomic E-state index is -0.604. The number of allylic oxidation sites excluding steroid dienone is 1. The zero-order valence-corrected chi connectivity index (χ0v) is 13.0. The molecule has 2 fully saturated rings. The highest BCUT2D eigenvalue weighted by Gasteiger charge is 2.49. The van der Waals surface area contributed by atoms with Crippen LogP contribution in [0.3, 0.4) is 0 Å². The Morgan fingerprint density at radius 3 is 2.80 bits per heavy atom. The number of ether oxygens (including phenoxy) is 2. The van der Waals surface area contributed by atoms with Gasteiger partial charge in [0.05, 0.1) is 24.7 Å². The van der Waals surface area contributed by atoms with Crippen molar-refractivity contribution in [2.24, 2.45) is 17.8 Å². The molecule has 0 aliphatic carbocycles. The maximum atomic E-state index is 12.2. The summed E-state index contributed by atoms with van der Waals surface area (Å²) in [5.74, 6) is 0.360. The van der Waals surface area contributed by atoms with Crippen molar-refractivity contribution >= 4 is 5.91 Å². The van der Waals surface area contributed by atoms with Gasteiger partial charge in [-0.1, -0.05) is 19.9 Å². The van der Waals surface area contributed by atoms with Crippen molar-refractivity contribution in [3.63, 3.8) is 0 Å². The molecule has 0 saturated carbocycles. The van der Waals surface area contributed by atoms with Crippen LogP contribution in [0.25, 0.3) is 0 Å². The molecule has 4 heteroatoms. The third-order valence-corrected chi connectivity index (χ3v) is 4.15. The number of fused-ring (bicyclic) bond motifs is 1. The van der Waals surface area contributed by atoms with Crippen molar-refractivity contribution < 1.29 is 14.3 Å². The standard InChI is InChI=1S/C16H27NO3/c1-6-11(7-10(2)3)8-12-14-13(17-15(12)18)9-19-16(4,5)20-14/h6,10-14H,1,7-9H2,2-5H3,(H,17,18). The predicted molar refractivity (Wildman–Crippen MR) is 78.1 cm³/mol. The lowest BCUT2D eigenvalue weighted by atomic mass is 9.85. The van der Waals surface area contributed by atoms with Crippen molar-refractivity contribution in [3.8, 4) is 0 Å². The fourth-order valence-corrected chi connectivity index (χ4v) is 3.22. The maximum absolute atomic E-state index is 12.2. The number of rotatable bonds is 5. The van der Waals surface area contributed by atoms with Gasteiger partial charge in [-0.2, -0.15) is 0 Å². The lowest BCUT2D eigenvalue weighted by molar-refractivity contribution is -0.282. The van der Waals surface area contributed by atoms with E-state index in [9.17, 15) is 4.79 Å².